The van der Waals surface area contributed by atoms with E-state index in [9.17, 15) is 0 Å². The molecule has 0 radical (unpaired) electrons. The lowest BCUT2D eigenvalue weighted by atomic mass is 10.2. The van der Waals surface area contributed by atoms with Crippen LogP contribution in [0, 0.1) is 11.8 Å². The Bertz CT molecular complexity index is 163. The zero-order chi connectivity index (χ0) is 10.6. The lowest BCUT2D eigenvalue weighted by molar-refractivity contribution is 0.196. The van der Waals surface area contributed by atoms with Crippen LogP contribution in [0.15, 0.2) is 0 Å². The SMILES string of the molecule is CCNC(CO)CN(C)CC1CC1C. The number of nitrogens with zero attached hydrogens (tertiary/aromatic N) is 1. The zero-order valence-corrected chi connectivity index (χ0v) is 9.66. The third kappa shape index (κ3) is 3.95. The monoisotopic (exact) mass is 200 g/mol. The molecule has 3 nitrogen and oxygen atoms in total. The summed E-state index contributed by atoms with van der Waals surface area (Å²) >= 11 is 0. The van der Waals surface area contributed by atoms with Crippen molar-refractivity contribution in [3.8, 4) is 0 Å². The molecule has 1 aliphatic rings. The Balaban J connectivity index is 2.13. The summed E-state index contributed by atoms with van der Waals surface area (Å²) in [4.78, 5) is 2.33. The summed E-state index contributed by atoms with van der Waals surface area (Å²) in [5.74, 6) is 1.82. The third-order valence-electron chi connectivity index (χ3n) is 3.07. The van der Waals surface area contributed by atoms with E-state index in [4.69, 9.17) is 5.11 Å². The van der Waals surface area contributed by atoms with Gasteiger partial charge in [0.05, 0.1) is 6.61 Å². The Morgan fingerprint density at radius 1 is 1.57 bits per heavy atom. The molecule has 3 atom stereocenters. The van der Waals surface area contributed by atoms with Gasteiger partial charge in [0.1, 0.15) is 0 Å². The molecule has 1 saturated carbocycles. The molecular formula is C11H24N2O. The van der Waals surface area contributed by atoms with E-state index in [0.717, 1.165) is 24.9 Å². The van der Waals surface area contributed by atoms with E-state index in [2.05, 4.69) is 31.1 Å². The number of nitrogens with one attached hydrogen (secondary N) is 1. The number of likely N-dealkylation sites (N-methyl/N-ethyl adjacent to an activating group) is 2. The highest BCUT2D eigenvalue weighted by atomic mass is 16.3. The fourth-order valence-corrected chi connectivity index (χ4v) is 1.98. The summed E-state index contributed by atoms with van der Waals surface area (Å²) in [6.07, 6.45) is 1.38. The van der Waals surface area contributed by atoms with Gasteiger partial charge in [0, 0.05) is 19.1 Å². The number of aliphatic hydroxyl groups is 1. The second-order valence-electron chi connectivity index (χ2n) is 4.63. The third-order valence-corrected chi connectivity index (χ3v) is 3.07. The normalized spacial score (nSPS) is 28.1. The topological polar surface area (TPSA) is 35.5 Å². The van der Waals surface area contributed by atoms with E-state index in [0.29, 0.717) is 0 Å². The summed E-state index contributed by atoms with van der Waals surface area (Å²) < 4.78 is 0. The highest BCUT2D eigenvalue weighted by Crippen LogP contribution is 2.37. The van der Waals surface area contributed by atoms with Gasteiger partial charge in [0.2, 0.25) is 0 Å². The molecule has 1 aliphatic carbocycles. The molecule has 0 aromatic heterocycles. The minimum atomic E-state index is 0.235. The van der Waals surface area contributed by atoms with E-state index in [1.54, 1.807) is 0 Å². The largest absolute Gasteiger partial charge is 0.395 e. The zero-order valence-electron chi connectivity index (χ0n) is 9.66. The van der Waals surface area contributed by atoms with Crippen molar-refractivity contribution in [2.45, 2.75) is 26.3 Å². The highest BCUT2D eigenvalue weighted by Gasteiger charge is 2.33. The van der Waals surface area contributed by atoms with Crippen LogP contribution >= 0.6 is 0 Å². The molecule has 3 unspecified atom stereocenters. The average Bonchev–Trinajstić information content (AvgIpc) is 2.80. The molecule has 0 aliphatic heterocycles. The number of aliphatic hydroxyl groups excluding tert-OH is 1. The number of rotatable bonds is 7. The van der Waals surface area contributed by atoms with Gasteiger partial charge >= 0.3 is 0 Å². The minimum Gasteiger partial charge on any atom is -0.395 e. The van der Waals surface area contributed by atoms with Crippen LogP contribution in [0.3, 0.4) is 0 Å². The summed E-state index contributed by atoms with van der Waals surface area (Å²) in [7, 11) is 2.14. The van der Waals surface area contributed by atoms with E-state index in [-0.39, 0.29) is 12.6 Å². The number of hydrogen-bond donors (Lipinski definition) is 2. The van der Waals surface area contributed by atoms with Crippen molar-refractivity contribution in [3.63, 3.8) is 0 Å². The molecule has 2 N–H and O–H groups in total. The van der Waals surface area contributed by atoms with Crippen molar-refractivity contribution in [1.82, 2.24) is 10.2 Å². The lowest BCUT2D eigenvalue weighted by Crippen LogP contribution is -2.42. The molecule has 0 amide bonds. The smallest absolute Gasteiger partial charge is 0.0597 e. The first-order chi connectivity index (χ1) is 6.67. The van der Waals surface area contributed by atoms with E-state index >= 15 is 0 Å². The molecule has 3 heteroatoms. The standard InChI is InChI=1S/C11H24N2O/c1-4-12-11(8-14)7-13(3)6-10-5-9(10)2/h9-12,14H,4-8H2,1-3H3. The van der Waals surface area contributed by atoms with Gasteiger partial charge in [0.25, 0.3) is 0 Å². The van der Waals surface area contributed by atoms with Crippen LogP contribution in [-0.4, -0.2) is 49.3 Å². The van der Waals surface area contributed by atoms with Crippen LogP contribution in [0.4, 0.5) is 0 Å². The fourth-order valence-electron chi connectivity index (χ4n) is 1.98. The minimum absolute atomic E-state index is 0.235. The summed E-state index contributed by atoms with van der Waals surface area (Å²) in [5.41, 5.74) is 0. The van der Waals surface area contributed by atoms with Crippen LogP contribution in [-0.2, 0) is 0 Å². The van der Waals surface area contributed by atoms with Gasteiger partial charge in [-0.15, -0.1) is 0 Å². The van der Waals surface area contributed by atoms with Crippen molar-refractivity contribution < 1.29 is 5.11 Å². The van der Waals surface area contributed by atoms with Crippen molar-refractivity contribution in [2.75, 3.05) is 33.3 Å². The molecular weight excluding hydrogens is 176 g/mol. The molecule has 1 rings (SSSR count). The molecule has 0 bridgehead atoms. The predicted octanol–water partition coefficient (Wildman–Crippen LogP) is 0.545. The maximum absolute atomic E-state index is 9.12. The summed E-state index contributed by atoms with van der Waals surface area (Å²) in [6, 6.07) is 0.235. The number of hydrogen-bond acceptors (Lipinski definition) is 3. The quantitative estimate of drug-likeness (QED) is 0.630. The molecule has 14 heavy (non-hydrogen) atoms. The second kappa shape index (κ2) is 5.69. The van der Waals surface area contributed by atoms with Gasteiger partial charge in [-0.05, 0) is 31.8 Å². The van der Waals surface area contributed by atoms with Gasteiger partial charge in [0.15, 0.2) is 0 Å². The maximum atomic E-state index is 9.12. The predicted molar refractivity (Wildman–Crippen MR) is 59.3 cm³/mol. The summed E-state index contributed by atoms with van der Waals surface area (Å²) in [5, 5.41) is 12.4. The average molecular weight is 200 g/mol. The van der Waals surface area contributed by atoms with Crippen LogP contribution < -0.4 is 5.32 Å². The first-order valence-corrected chi connectivity index (χ1v) is 5.70. The Kier molecular flexibility index (Phi) is 4.85. The van der Waals surface area contributed by atoms with Crippen molar-refractivity contribution in [3.05, 3.63) is 0 Å². The van der Waals surface area contributed by atoms with E-state index < -0.39 is 0 Å². The van der Waals surface area contributed by atoms with Crippen LogP contribution in [0.2, 0.25) is 0 Å². The van der Waals surface area contributed by atoms with Gasteiger partial charge in [-0.3, -0.25) is 0 Å². The first kappa shape index (κ1) is 12.0. The van der Waals surface area contributed by atoms with E-state index in [1.807, 2.05) is 0 Å². The van der Waals surface area contributed by atoms with E-state index in [1.165, 1.54) is 13.0 Å². The molecule has 0 aromatic carbocycles. The maximum Gasteiger partial charge on any atom is 0.0597 e. The molecule has 0 spiro atoms. The van der Waals surface area contributed by atoms with Crippen molar-refractivity contribution >= 4 is 0 Å². The fraction of sp³-hybridized carbons (Fsp3) is 1.00. The Labute approximate surface area is 87.5 Å². The van der Waals surface area contributed by atoms with Gasteiger partial charge < -0.3 is 15.3 Å². The van der Waals surface area contributed by atoms with Gasteiger partial charge in [-0.25, -0.2) is 0 Å². The van der Waals surface area contributed by atoms with Crippen LogP contribution in [0.5, 0.6) is 0 Å². The Morgan fingerprint density at radius 2 is 2.21 bits per heavy atom. The highest BCUT2D eigenvalue weighted by molar-refractivity contribution is 4.85. The van der Waals surface area contributed by atoms with Crippen molar-refractivity contribution in [1.29, 1.82) is 0 Å². The molecule has 0 saturated heterocycles. The molecule has 0 aromatic rings. The van der Waals surface area contributed by atoms with Gasteiger partial charge in [-0.1, -0.05) is 13.8 Å². The molecule has 1 fully saturated rings. The Hall–Kier alpha value is -0.120. The first-order valence-electron chi connectivity index (χ1n) is 5.70. The summed E-state index contributed by atoms with van der Waals surface area (Å²) in [6.45, 7) is 7.69. The van der Waals surface area contributed by atoms with Crippen LogP contribution in [0.25, 0.3) is 0 Å². The Morgan fingerprint density at radius 3 is 2.64 bits per heavy atom. The lowest BCUT2D eigenvalue weighted by Gasteiger charge is -2.23. The van der Waals surface area contributed by atoms with Gasteiger partial charge in [-0.2, -0.15) is 0 Å². The van der Waals surface area contributed by atoms with Crippen LogP contribution in [0.1, 0.15) is 20.3 Å². The second-order valence-corrected chi connectivity index (χ2v) is 4.63. The molecule has 0 heterocycles. The van der Waals surface area contributed by atoms with Crippen molar-refractivity contribution in [2.24, 2.45) is 11.8 Å². The molecule has 84 valence electrons.